The highest BCUT2D eigenvalue weighted by Gasteiger charge is 2.15. The SMILES string of the molecule is CC(C)C(NCCF)c1cccs1. The first-order chi connectivity index (χ1) is 6.25. The van der Waals surface area contributed by atoms with E-state index in [4.69, 9.17) is 0 Å². The van der Waals surface area contributed by atoms with Gasteiger partial charge < -0.3 is 5.32 Å². The van der Waals surface area contributed by atoms with Crippen molar-refractivity contribution in [2.24, 2.45) is 5.92 Å². The van der Waals surface area contributed by atoms with E-state index in [9.17, 15) is 4.39 Å². The van der Waals surface area contributed by atoms with Crippen LogP contribution in [0.5, 0.6) is 0 Å². The Balaban J connectivity index is 2.58. The third-order valence-electron chi connectivity index (χ3n) is 1.98. The molecule has 0 aromatic carbocycles. The summed E-state index contributed by atoms with van der Waals surface area (Å²) in [6, 6.07) is 4.43. The molecule has 1 heterocycles. The Kier molecular flexibility index (Phi) is 4.39. The molecule has 0 saturated carbocycles. The Labute approximate surface area is 83.0 Å². The van der Waals surface area contributed by atoms with E-state index in [-0.39, 0.29) is 6.67 Å². The lowest BCUT2D eigenvalue weighted by Crippen LogP contribution is -2.26. The fraction of sp³-hybridized carbons (Fsp3) is 0.600. The van der Waals surface area contributed by atoms with Gasteiger partial charge in [0.15, 0.2) is 0 Å². The molecular formula is C10H16FNS. The predicted molar refractivity (Wildman–Crippen MR) is 55.9 cm³/mol. The standard InChI is InChI=1S/C10H16FNS/c1-8(2)10(12-6-5-11)9-4-3-7-13-9/h3-4,7-8,10,12H,5-6H2,1-2H3. The first kappa shape index (κ1) is 10.7. The van der Waals surface area contributed by atoms with E-state index in [1.54, 1.807) is 11.3 Å². The van der Waals surface area contributed by atoms with Crippen LogP contribution in [-0.2, 0) is 0 Å². The van der Waals surface area contributed by atoms with E-state index >= 15 is 0 Å². The zero-order valence-electron chi connectivity index (χ0n) is 8.09. The number of hydrogen-bond donors (Lipinski definition) is 1. The van der Waals surface area contributed by atoms with Crippen LogP contribution in [0.2, 0.25) is 0 Å². The van der Waals surface area contributed by atoms with Gasteiger partial charge in [-0.1, -0.05) is 19.9 Å². The molecule has 74 valence electrons. The van der Waals surface area contributed by atoms with Gasteiger partial charge >= 0.3 is 0 Å². The van der Waals surface area contributed by atoms with Crippen molar-refractivity contribution in [2.75, 3.05) is 13.2 Å². The molecule has 1 atom stereocenters. The van der Waals surface area contributed by atoms with Gasteiger partial charge in [0.05, 0.1) is 0 Å². The number of halogens is 1. The number of hydrogen-bond acceptors (Lipinski definition) is 2. The van der Waals surface area contributed by atoms with Crippen LogP contribution in [0, 0.1) is 5.92 Å². The summed E-state index contributed by atoms with van der Waals surface area (Å²) in [6.45, 7) is 4.45. The Morgan fingerprint density at radius 3 is 2.77 bits per heavy atom. The Morgan fingerprint density at radius 1 is 1.54 bits per heavy atom. The minimum atomic E-state index is -0.297. The van der Waals surface area contributed by atoms with E-state index in [0.717, 1.165) is 0 Å². The second kappa shape index (κ2) is 5.35. The monoisotopic (exact) mass is 201 g/mol. The average Bonchev–Trinajstić information content (AvgIpc) is 2.57. The summed E-state index contributed by atoms with van der Waals surface area (Å²) < 4.78 is 12.0. The maximum atomic E-state index is 12.0. The predicted octanol–water partition coefficient (Wildman–Crippen LogP) is 3.00. The molecule has 1 rings (SSSR count). The van der Waals surface area contributed by atoms with Crippen molar-refractivity contribution in [3.05, 3.63) is 22.4 Å². The number of nitrogens with one attached hydrogen (secondary N) is 1. The summed E-state index contributed by atoms with van der Waals surface area (Å²) in [6.07, 6.45) is 0. The summed E-state index contributed by atoms with van der Waals surface area (Å²) in [4.78, 5) is 1.29. The summed E-state index contributed by atoms with van der Waals surface area (Å²) in [5, 5.41) is 5.26. The Hall–Kier alpha value is -0.410. The van der Waals surface area contributed by atoms with E-state index in [0.29, 0.717) is 18.5 Å². The minimum Gasteiger partial charge on any atom is -0.306 e. The summed E-state index contributed by atoms with van der Waals surface area (Å²) in [7, 11) is 0. The molecule has 0 aliphatic carbocycles. The largest absolute Gasteiger partial charge is 0.306 e. The van der Waals surface area contributed by atoms with Gasteiger partial charge in [-0.2, -0.15) is 0 Å². The highest BCUT2D eigenvalue weighted by atomic mass is 32.1. The molecule has 0 aliphatic rings. The summed E-state index contributed by atoms with van der Waals surface area (Å²) >= 11 is 1.72. The van der Waals surface area contributed by atoms with Crippen LogP contribution in [-0.4, -0.2) is 13.2 Å². The van der Waals surface area contributed by atoms with E-state index in [1.165, 1.54) is 4.88 Å². The first-order valence-electron chi connectivity index (χ1n) is 4.58. The van der Waals surface area contributed by atoms with Crippen molar-refractivity contribution >= 4 is 11.3 Å². The van der Waals surface area contributed by atoms with Gasteiger partial charge in [0, 0.05) is 17.5 Å². The molecule has 1 aromatic heterocycles. The van der Waals surface area contributed by atoms with E-state index in [2.05, 4.69) is 30.6 Å². The van der Waals surface area contributed by atoms with Gasteiger partial charge in [-0.3, -0.25) is 0 Å². The van der Waals surface area contributed by atoms with Crippen molar-refractivity contribution in [3.63, 3.8) is 0 Å². The quantitative estimate of drug-likeness (QED) is 0.772. The molecular weight excluding hydrogens is 185 g/mol. The first-order valence-corrected chi connectivity index (χ1v) is 5.46. The van der Waals surface area contributed by atoms with Gasteiger partial charge in [-0.15, -0.1) is 11.3 Å². The van der Waals surface area contributed by atoms with Crippen LogP contribution in [0.3, 0.4) is 0 Å². The van der Waals surface area contributed by atoms with E-state index < -0.39 is 0 Å². The molecule has 0 saturated heterocycles. The van der Waals surface area contributed by atoms with Gasteiger partial charge in [0.25, 0.3) is 0 Å². The lowest BCUT2D eigenvalue weighted by atomic mass is 10.0. The van der Waals surface area contributed by atoms with Crippen molar-refractivity contribution < 1.29 is 4.39 Å². The maximum absolute atomic E-state index is 12.0. The molecule has 0 fully saturated rings. The van der Waals surface area contributed by atoms with Crippen LogP contribution >= 0.6 is 11.3 Å². The zero-order chi connectivity index (χ0) is 9.68. The van der Waals surface area contributed by atoms with Gasteiger partial charge in [0.2, 0.25) is 0 Å². The van der Waals surface area contributed by atoms with Gasteiger partial charge in [-0.05, 0) is 17.4 Å². The normalized spacial score (nSPS) is 13.5. The maximum Gasteiger partial charge on any atom is 0.102 e. The van der Waals surface area contributed by atoms with Crippen molar-refractivity contribution in [1.29, 1.82) is 0 Å². The third kappa shape index (κ3) is 3.08. The van der Waals surface area contributed by atoms with Crippen molar-refractivity contribution in [1.82, 2.24) is 5.32 Å². The molecule has 3 heteroatoms. The molecule has 0 aliphatic heterocycles. The molecule has 0 amide bonds. The fourth-order valence-corrected chi connectivity index (χ4v) is 2.32. The van der Waals surface area contributed by atoms with Crippen molar-refractivity contribution in [3.8, 4) is 0 Å². The smallest absolute Gasteiger partial charge is 0.102 e. The Morgan fingerprint density at radius 2 is 2.31 bits per heavy atom. The lowest BCUT2D eigenvalue weighted by Gasteiger charge is -2.20. The third-order valence-corrected chi connectivity index (χ3v) is 2.93. The number of rotatable bonds is 5. The molecule has 1 N–H and O–H groups in total. The molecule has 0 radical (unpaired) electrons. The van der Waals surface area contributed by atoms with Crippen LogP contribution < -0.4 is 5.32 Å². The summed E-state index contributed by atoms with van der Waals surface area (Å²) in [5.74, 6) is 0.505. The zero-order valence-corrected chi connectivity index (χ0v) is 8.90. The fourth-order valence-electron chi connectivity index (χ4n) is 1.34. The lowest BCUT2D eigenvalue weighted by molar-refractivity contribution is 0.382. The van der Waals surface area contributed by atoms with Crippen LogP contribution in [0.15, 0.2) is 17.5 Å². The van der Waals surface area contributed by atoms with Crippen molar-refractivity contribution in [2.45, 2.75) is 19.9 Å². The van der Waals surface area contributed by atoms with Gasteiger partial charge in [0.1, 0.15) is 6.67 Å². The average molecular weight is 201 g/mol. The highest BCUT2D eigenvalue weighted by Crippen LogP contribution is 2.25. The number of alkyl halides is 1. The molecule has 0 spiro atoms. The summed E-state index contributed by atoms with van der Waals surface area (Å²) in [5.41, 5.74) is 0. The van der Waals surface area contributed by atoms with Crippen LogP contribution in [0.25, 0.3) is 0 Å². The van der Waals surface area contributed by atoms with E-state index in [1.807, 2.05) is 6.07 Å². The number of thiophene rings is 1. The topological polar surface area (TPSA) is 12.0 Å². The minimum absolute atomic E-state index is 0.297. The van der Waals surface area contributed by atoms with Crippen LogP contribution in [0.1, 0.15) is 24.8 Å². The molecule has 13 heavy (non-hydrogen) atoms. The second-order valence-electron chi connectivity index (χ2n) is 3.38. The van der Waals surface area contributed by atoms with Gasteiger partial charge in [-0.25, -0.2) is 4.39 Å². The molecule has 1 aromatic rings. The highest BCUT2D eigenvalue weighted by molar-refractivity contribution is 7.10. The second-order valence-corrected chi connectivity index (χ2v) is 4.36. The Bertz CT molecular complexity index is 221. The van der Waals surface area contributed by atoms with Crippen LogP contribution in [0.4, 0.5) is 4.39 Å². The molecule has 1 nitrogen and oxygen atoms in total. The molecule has 0 bridgehead atoms. The molecule has 1 unspecified atom stereocenters.